The molecule has 0 aromatic carbocycles. The molecule has 0 aliphatic carbocycles. The van der Waals surface area contributed by atoms with Gasteiger partial charge in [-0.1, -0.05) is 11.6 Å². The van der Waals surface area contributed by atoms with Crippen molar-refractivity contribution in [2.75, 3.05) is 0 Å². The molecule has 2 aromatic rings. The lowest BCUT2D eigenvalue weighted by Gasteiger charge is -1.96. The Labute approximate surface area is 98.3 Å². The fourth-order valence-corrected chi connectivity index (χ4v) is 1.96. The number of aryl methyl sites for hydroxylation is 1. The maximum Gasteiger partial charge on any atom is 0.190 e. The van der Waals surface area contributed by atoms with Gasteiger partial charge in [-0.05, 0) is 22.9 Å². The fourth-order valence-electron chi connectivity index (χ4n) is 0.906. The van der Waals surface area contributed by atoms with Crippen molar-refractivity contribution >= 4 is 38.9 Å². The van der Waals surface area contributed by atoms with Crippen molar-refractivity contribution in [1.82, 2.24) is 15.0 Å². The average Bonchev–Trinajstić information content (AvgIpc) is 2.57. The Morgan fingerprint density at radius 2 is 2.21 bits per heavy atom. The second kappa shape index (κ2) is 3.92. The van der Waals surface area contributed by atoms with Crippen molar-refractivity contribution in [2.45, 2.75) is 6.92 Å². The van der Waals surface area contributed by atoms with Crippen LogP contribution in [0.3, 0.4) is 0 Å². The smallest absolute Gasteiger partial charge is 0.190 e. The topological polar surface area (TPSA) is 38.7 Å². The predicted molar refractivity (Wildman–Crippen MR) is 60.6 cm³/mol. The van der Waals surface area contributed by atoms with E-state index in [9.17, 15) is 0 Å². The van der Waals surface area contributed by atoms with Crippen LogP contribution in [0.4, 0.5) is 0 Å². The molecule has 14 heavy (non-hydrogen) atoms. The molecule has 0 spiro atoms. The monoisotopic (exact) mass is 289 g/mol. The van der Waals surface area contributed by atoms with E-state index in [1.165, 1.54) is 11.3 Å². The standard InChI is InChI=1S/C8H5BrClN3S/c1-4-3-14-8(12-4)7-11-2-5(9)6(10)13-7/h2-3H,1H3. The highest BCUT2D eigenvalue weighted by molar-refractivity contribution is 9.10. The maximum absolute atomic E-state index is 5.85. The third-order valence-corrected chi connectivity index (χ3v) is 3.56. The van der Waals surface area contributed by atoms with E-state index < -0.39 is 0 Å². The molecule has 0 amide bonds. The summed E-state index contributed by atoms with van der Waals surface area (Å²) < 4.78 is 0.691. The maximum atomic E-state index is 5.85. The van der Waals surface area contributed by atoms with Gasteiger partial charge in [0.25, 0.3) is 0 Å². The summed E-state index contributed by atoms with van der Waals surface area (Å²) in [7, 11) is 0. The number of rotatable bonds is 1. The summed E-state index contributed by atoms with van der Waals surface area (Å²) in [6.07, 6.45) is 1.63. The molecule has 0 aliphatic rings. The zero-order valence-electron chi connectivity index (χ0n) is 7.16. The number of nitrogens with zero attached hydrogens (tertiary/aromatic N) is 3. The molecular formula is C8H5BrClN3S. The van der Waals surface area contributed by atoms with Gasteiger partial charge in [-0.15, -0.1) is 11.3 Å². The molecule has 3 nitrogen and oxygen atoms in total. The highest BCUT2D eigenvalue weighted by Crippen LogP contribution is 2.24. The SMILES string of the molecule is Cc1csc(-c2ncc(Br)c(Cl)n2)n1. The molecule has 0 saturated carbocycles. The summed E-state index contributed by atoms with van der Waals surface area (Å²) in [4.78, 5) is 12.5. The van der Waals surface area contributed by atoms with Crippen LogP contribution in [0.15, 0.2) is 16.0 Å². The Hall–Kier alpha value is -0.520. The molecule has 0 unspecified atom stereocenters. The minimum atomic E-state index is 0.405. The van der Waals surface area contributed by atoms with E-state index in [2.05, 4.69) is 30.9 Å². The zero-order chi connectivity index (χ0) is 10.1. The molecule has 0 fully saturated rings. The quantitative estimate of drug-likeness (QED) is 0.756. The van der Waals surface area contributed by atoms with Gasteiger partial charge in [0.15, 0.2) is 10.8 Å². The normalized spacial score (nSPS) is 10.5. The van der Waals surface area contributed by atoms with Crippen LogP contribution in [0.25, 0.3) is 10.8 Å². The van der Waals surface area contributed by atoms with Gasteiger partial charge in [-0.2, -0.15) is 0 Å². The Morgan fingerprint density at radius 1 is 1.43 bits per heavy atom. The zero-order valence-corrected chi connectivity index (χ0v) is 10.3. The first-order valence-corrected chi connectivity index (χ1v) is 5.82. The molecule has 2 aromatic heterocycles. The van der Waals surface area contributed by atoms with Crippen LogP contribution in [-0.4, -0.2) is 15.0 Å². The lowest BCUT2D eigenvalue weighted by Crippen LogP contribution is -1.89. The highest BCUT2D eigenvalue weighted by Gasteiger charge is 2.07. The van der Waals surface area contributed by atoms with Gasteiger partial charge >= 0.3 is 0 Å². The summed E-state index contributed by atoms with van der Waals surface area (Å²) in [5.74, 6) is 0.566. The van der Waals surface area contributed by atoms with E-state index >= 15 is 0 Å². The average molecular weight is 291 g/mol. The van der Waals surface area contributed by atoms with Crippen LogP contribution in [0.1, 0.15) is 5.69 Å². The van der Waals surface area contributed by atoms with Crippen molar-refractivity contribution in [3.05, 3.63) is 26.9 Å². The van der Waals surface area contributed by atoms with Crippen molar-refractivity contribution < 1.29 is 0 Å². The summed E-state index contributed by atoms with van der Waals surface area (Å²) in [6, 6.07) is 0. The second-order valence-electron chi connectivity index (χ2n) is 2.63. The van der Waals surface area contributed by atoms with Crippen molar-refractivity contribution in [3.63, 3.8) is 0 Å². The first kappa shape index (κ1) is 10.0. The van der Waals surface area contributed by atoms with Crippen LogP contribution in [0.2, 0.25) is 5.15 Å². The molecule has 0 atom stereocenters. The Bertz CT molecular complexity index is 471. The number of aromatic nitrogens is 3. The molecule has 2 heterocycles. The molecule has 0 saturated heterocycles. The summed E-state index contributed by atoms with van der Waals surface area (Å²) in [5, 5.41) is 3.15. The second-order valence-corrected chi connectivity index (χ2v) is 4.70. The molecule has 0 N–H and O–H groups in total. The number of halogens is 2. The summed E-state index contributed by atoms with van der Waals surface area (Å²) in [5.41, 5.74) is 0.965. The molecular weight excluding hydrogens is 286 g/mol. The summed E-state index contributed by atoms with van der Waals surface area (Å²) in [6.45, 7) is 1.93. The number of hydrogen-bond donors (Lipinski definition) is 0. The van der Waals surface area contributed by atoms with Crippen LogP contribution in [-0.2, 0) is 0 Å². The lowest BCUT2D eigenvalue weighted by atomic mass is 10.5. The molecule has 2 rings (SSSR count). The molecule has 0 radical (unpaired) electrons. The lowest BCUT2D eigenvalue weighted by molar-refractivity contribution is 1.13. The van der Waals surface area contributed by atoms with Gasteiger partial charge in [-0.25, -0.2) is 15.0 Å². The van der Waals surface area contributed by atoms with Crippen LogP contribution in [0, 0.1) is 6.92 Å². The van der Waals surface area contributed by atoms with E-state index in [1.54, 1.807) is 6.20 Å². The third kappa shape index (κ3) is 1.94. The third-order valence-electron chi connectivity index (χ3n) is 1.51. The van der Waals surface area contributed by atoms with Gasteiger partial charge in [0.05, 0.1) is 4.47 Å². The number of hydrogen-bond acceptors (Lipinski definition) is 4. The minimum absolute atomic E-state index is 0.405. The van der Waals surface area contributed by atoms with E-state index in [1.807, 2.05) is 12.3 Å². The Morgan fingerprint density at radius 3 is 2.79 bits per heavy atom. The number of thiazole rings is 1. The van der Waals surface area contributed by atoms with Gasteiger partial charge in [0.2, 0.25) is 0 Å². The highest BCUT2D eigenvalue weighted by atomic mass is 79.9. The van der Waals surface area contributed by atoms with E-state index in [0.29, 0.717) is 15.5 Å². The molecule has 0 aliphatic heterocycles. The van der Waals surface area contributed by atoms with Gasteiger partial charge in [0, 0.05) is 17.3 Å². The first-order chi connectivity index (χ1) is 6.66. The van der Waals surface area contributed by atoms with Crippen LogP contribution in [0.5, 0.6) is 0 Å². The van der Waals surface area contributed by atoms with E-state index in [-0.39, 0.29) is 0 Å². The minimum Gasteiger partial charge on any atom is -0.238 e. The van der Waals surface area contributed by atoms with E-state index in [0.717, 1.165) is 10.7 Å². The Kier molecular flexibility index (Phi) is 2.80. The summed E-state index contributed by atoms with van der Waals surface area (Å²) >= 11 is 10.6. The van der Waals surface area contributed by atoms with Gasteiger partial charge in [0.1, 0.15) is 5.15 Å². The van der Waals surface area contributed by atoms with Crippen molar-refractivity contribution in [3.8, 4) is 10.8 Å². The van der Waals surface area contributed by atoms with Crippen molar-refractivity contribution in [1.29, 1.82) is 0 Å². The van der Waals surface area contributed by atoms with Gasteiger partial charge in [-0.3, -0.25) is 0 Å². The predicted octanol–water partition coefficient (Wildman–Crippen LogP) is 3.32. The van der Waals surface area contributed by atoms with Crippen LogP contribution >= 0.6 is 38.9 Å². The van der Waals surface area contributed by atoms with Crippen LogP contribution < -0.4 is 0 Å². The fraction of sp³-hybridized carbons (Fsp3) is 0.125. The van der Waals surface area contributed by atoms with Gasteiger partial charge < -0.3 is 0 Å². The first-order valence-electron chi connectivity index (χ1n) is 3.77. The van der Waals surface area contributed by atoms with E-state index in [4.69, 9.17) is 11.6 Å². The molecule has 72 valence electrons. The molecule has 6 heteroatoms. The largest absolute Gasteiger partial charge is 0.238 e. The Balaban J connectivity index is 2.47. The molecule has 0 bridgehead atoms. The van der Waals surface area contributed by atoms with Crippen molar-refractivity contribution in [2.24, 2.45) is 0 Å².